The molecule has 110 valence electrons. The second-order valence-electron chi connectivity index (χ2n) is 4.75. The molecule has 0 amide bonds. The van der Waals surface area contributed by atoms with Gasteiger partial charge in [0.15, 0.2) is 6.29 Å². The van der Waals surface area contributed by atoms with Gasteiger partial charge in [0, 0.05) is 50.5 Å². The maximum absolute atomic E-state index is 5.52. The van der Waals surface area contributed by atoms with Gasteiger partial charge in [0.05, 0.1) is 0 Å². The van der Waals surface area contributed by atoms with Gasteiger partial charge < -0.3 is 19.4 Å². The van der Waals surface area contributed by atoms with E-state index in [1.165, 1.54) is 16.5 Å². The van der Waals surface area contributed by atoms with Gasteiger partial charge in [-0.15, -0.1) is 0 Å². The number of hydrogen-bond donors (Lipinski definition) is 1. The van der Waals surface area contributed by atoms with Gasteiger partial charge in [-0.1, -0.05) is 18.2 Å². The quantitative estimate of drug-likeness (QED) is 0.753. The molecule has 0 spiro atoms. The molecule has 1 heterocycles. The molecule has 0 fully saturated rings. The van der Waals surface area contributed by atoms with Crippen molar-refractivity contribution in [3.05, 3.63) is 36.0 Å². The van der Waals surface area contributed by atoms with Crippen LogP contribution in [0, 0.1) is 0 Å². The van der Waals surface area contributed by atoms with Gasteiger partial charge in [-0.05, 0) is 25.5 Å². The number of fused-ring (bicyclic) bond motifs is 1. The lowest BCUT2D eigenvalue weighted by Gasteiger charge is -2.17. The molecule has 2 rings (SSSR count). The van der Waals surface area contributed by atoms with Crippen LogP contribution in [-0.2, 0) is 23.1 Å². The summed E-state index contributed by atoms with van der Waals surface area (Å²) in [4.78, 5) is 0. The van der Waals surface area contributed by atoms with Crippen molar-refractivity contribution in [2.24, 2.45) is 7.05 Å². The van der Waals surface area contributed by atoms with E-state index in [4.69, 9.17) is 9.47 Å². The molecule has 1 aromatic heterocycles. The fourth-order valence-corrected chi connectivity index (χ4v) is 2.43. The number of benzene rings is 1. The van der Waals surface area contributed by atoms with Crippen LogP contribution < -0.4 is 5.32 Å². The molecule has 1 N–H and O–H groups in total. The Balaban J connectivity index is 1.95. The van der Waals surface area contributed by atoms with Crippen molar-refractivity contribution in [2.75, 3.05) is 19.8 Å². The molecule has 2 aromatic rings. The standard InChI is InChI=1S/C16H24N2O2/c1-4-19-16(20-5-2)11-17-10-13-12-18(3)15-9-7-6-8-14(13)15/h6-9,12,16-17H,4-5,10-11H2,1-3H3. The summed E-state index contributed by atoms with van der Waals surface area (Å²) in [6.07, 6.45) is 2.01. The molecular formula is C16H24N2O2. The van der Waals surface area contributed by atoms with Gasteiger partial charge in [0.1, 0.15) is 0 Å². The number of hydrogen-bond acceptors (Lipinski definition) is 3. The number of ether oxygens (including phenoxy) is 2. The largest absolute Gasteiger partial charge is 0.352 e. The third-order valence-electron chi connectivity index (χ3n) is 3.31. The van der Waals surface area contributed by atoms with Gasteiger partial charge in [0.25, 0.3) is 0 Å². The van der Waals surface area contributed by atoms with E-state index in [0.717, 1.165) is 6.54 Å². The second-order valence-corrected chi connectivity index (χ2v) is 4.75. The average Bonchev–Trinajstić information content (AvgIpc) is 2.77. The van der Waals surface area contributed by atoms with Crippen LogP contribution in [0.15, 0.2) is 30.5 Å². The molecule has 0 radical (unpaired) electrons. The lowest BCUT2D eigenvalue weighted by molar-refractivity contribution is -0.133. The molecule has 4 nitrogen and oxygen atoms in total. The van der Waals surface area contributed by atoms with Crippen LogP contribution in [0.25, 0.3) is 10.9 Å². The highest BCUT2D eigenvalue weighted by atomic mass is 16.7. The molecule has 1 aromatic carbocycles. The van der Waals surface area contributed by atoms with Crippen molar-refractivity contribution in [2.45, 2.75) is 26.7 Å². The van der Waals surface area contributed by atoms with E-state index in [-0.39, 0.29) is 6.29 Å². The first-order valence-corrected chi connectivity index (χ1v) is 7.23. The molecule has 0 unspecified atom stereocenters. The first-order valence-electron chi connectivity index (χ1n) is 7.23. The van der Waals surface area contributed by atoms with E-state index in [2.05, 4.69) is 47.4 Å². The molecule has 0 saturated carbocycles. The van der Waals surface area contributed by atoms with E-state index in [0.29, 0.717) is 19.8 Å². The Morgan fingerprint density at radius 2 is 1.85 bits per heavy atom. The summed E-state index contributed by atoms with van der Waals surface area (Å²) in [5.41, 5.74) is 2.56. The van der Waals surface area contributed by atoms with Gasteiger partial charge in [-0.25, -0.2) is 0 Å². The van der Waals surface area contributed by atoms with Gasteiger partial charge in [-0.2, -0.15) is 0 Å². The number of nitrogens with one attached hydrogen (secondary N) is 1. The molecule has 0 aliphatic carbocycles. The summed E-state index contributed by atoms with van der Waals surface area (Å²) in [6, 6.07) is 8.45. The predicted molar refractivity (Wildman–Crippen MR) is 81.7 cm³/mol. The smallest absolute Gasteiger partial charge is 0.169 e. The van der Waals surface area contributed by atoms with Gasteiger partial charge in [-0.3, -0.25) is 0 Å². The number of aryl methyl sites for hydroxylation is 1. The van der Waals surface area contributed by atoms with Crippen LogP contribution in [0.2, 0.25) is 0 Å². The maximum atomic E-state index is 5.52. The lowest BCUT2D eigenvalue weighted by Crippen LogP contribution is -2.31. The zero-order valence-electron chi connectivity index (χ0n) is 12.6. The molecular weight excluding hydrogens is 252 g/mol. The van der Waals surface area contributed by atoms with Crippen molar-refractivity contribution in [3.8, 4) is 0 Å². The monoisotopic (exact) mass is 276 g/mol. The van der Waals surface area contributed by atoms with Crippen LogP contribution in [-0.4, -0.2) is 30.6 Å². The van der Waals surface area contributed by atoms with E-state index < -0.39 is 0 Å². The number of nitrogens with zero attached hydrogens (tertiary/aromatic N) is 1. The number of rotatable bonds is 8. The van der Waals surface area contributed by atoms with Gasteiger partial charge >= 0.3 is 0 Å². The molecule has 0 aliphatic rings. The highest BCUT2D eigenvalue weighted by molar-refractivity contribution is 5.83. The first kappa shape index (κ1) is 15.0. The first-order chi connectivity index (χ1) is 9.76. The van der Waals surface area contributed by atoms with Crippen LogP contribution in [0.3, 0.4) is 0 Å². The third kappa shape index (κ3) is 3.60. The Morgan fingerprint density at radius 3 is 2.55 bits per heavy atom. The summed E-state index contributed by atoms with van der Waals surface area (Å²) < 4.78 is 13.2. The fraction of sp³-hybridized carbons (Fsp3) is 0.500. The topological polar surface area (TPSA) is 35.4 Å². The van der Waals surface area contributed by atoms with Crippen molar-refractivity contribution in [1.29, 1.82) is 0 Å². The third-order valence-corrected chi connectivity index (χ3v) is 3.31. The van der Waals surface area contributed by atoms with Crippen LogP contribution in [0.5, 0.6) is 0 Å². The number of aromatic nitrogens is 1. The number of para-hydroxylation sites is 1. The predicted octanol–water partition coefficient (Wildman–Crippen LogP) is 2.67. The summed E-state index contributed by atoms with van der Waals surface area (Å²) in [6.45, 7) is 6.82. The minimum Gasteiger partial charge on any atom is -0.352 e. The van der Waals surface area contributed by atoms with Crippen molar-refractivity contribution in [3.63, 3.8) is 0 Å². The summed E-state index contributed by atoms with van der Waals surface area (Å²) in [7, 11) is 2.08. The van der Waals surface area contributed by atoms with E-state index in [1.54, 1.807) is 0 Å². The van der Waals surface area contributed by atoms with Gasteiger partial charge in [0.2, 0.25) is 0 Å². The van der Waals surface area contributed by atoms with E-state index in [9.17, 15) is 0 Å². The van der Waals surface area contributed by atoms with Crippen molar-refractivity contribution in [1.82, 2.24) is 9.88 Å². The Labute approximate surface area is 120 Å². The van der Waals surface area contributed by atoms with E-state index >= 15 is 0 Å². The highest BCUT2D eigenvalue weighted by Gasteiger charge is 2.09. The van der Waals surface area contributed by atoms with Crippen molar-refractivity contribution < 1.29 is 9.47 Å². The maximum Gasteiger partial charge on any atom is 0.169 e. The Bertz CT molecular complexity index is 530. The lowest BCUT2D eigenvalue weighted by atomic mass is 10.2. The molecule has 4 heteroatoms. The Morgan fingerprint density at radius 1 is 1.15 bits per heavy atom. The minimum atomic E-state index is -0.167. The van der Waals surface area contributed by atoms with Crippen LogP contribution in [0.1, 0.15) is 19.4 Å². The van der Waals surface area contributed by atoms with E-state index in [1.807, 2.05) is 13.8 Å². The summed E-state index contributed by atoms with van der Waals surface area (Å²) in [5, 5.41) is 4.71. The van der Waals surface area contributed by atoms with Crippen molar-refractivity contribution >= 4 is 10.9 Å². The molecule has 0 aliphatic heterocycles. The molecule has 20 heavy (non-hydrogen) atoms. The fourth-order valence-electron chi connectivity index (χ4n) is 2.43. The minimum absolute atomic E-state index is 0.167. The molecule has 0 saturated heterocycles. The molecule has 0 bridgehead atoms. The normalized spacial score (nSPS) is 11.6. The summed E-state index contributed by atoms with van der Waals surface area (Å²) >= 11 is 0. The zero-order valence-corrected chi connectivity index (χ0v) is 12.6. The SMILES string of the molecule is CCOC(CNCc1cn(C)c2ccccc12)OCC. The summed E-state index contributed by atoms with van der Waals surface area (Å²) in [5.74, 6) is 0. The Kier molecular flexibility index (Phi) is 5.59. The Hall–Kier alpha value is -1.36. The zero-order chi connectivity index (χ0) is 14.4. The highest BCUT2D eigenvalue weighted by Crippen LogP contribution is 2.19. The second kappa shape index (κ2) is 7.43. The van der Waals surface area contributed by atoms with Crippen LogP contribution >= 0.6 is 0 Å². The average molecular weight is 276 g/mol. The van der Waals surface area contributed by atoms with Crippen LogP contribution in [0.4, 0.5) is 0 Å². The molecule has 0 atom stereocenters.